The molecule has 0 N–H and O–H groups in total. The zero-order valence-corrected chi connectivity index (χ0v) is 19.5. The molecule has 0 radical (unpaired) electrons. The summed E-state index contributed by atoms with van der Waals surface area (Å²) in [7, 11) is 3.15. The minimum absolute atomic E-state index is 0.192. The SMILES string of the molecule is COC(=O)C1CC(c2ccccc2)(c2ccccc2)[C@]1(c1ccccc1)c1ccc(OC)cc1. The van der Waals surface area contributed by atoms with E-state index in [4.69, 9.17) is 9.47 Å². The van der Waals surface area contributed by atoms with Gasteiger partial charge < -0.3 is 9.47 Å². The molecule has 1 aliphatic rings. The van der Waals surface area contributed by atoms with Crippen molar-refractivity contribution in [3.63, 3.8) is 0 Å². The Morgan fingerprint density at radius 3 is 1.53 bits per heavy atom. The molecule has 4 aromatic carbocycles. The minimum Gasteiger partial charge on any atom is -0.497 e. The Morgan fingerprint density at radius 2 is 1.09 bits per heavy atom. The molecule has 5 rings (SSSR count). The fraction of sp³-hybridized carbons (Fsp3) is 0.194. The molecule has 34 heavy (non-hydrogen) atoms. The molecule has 1 saturated carbocycles. The van der Waals surface area contributed by atoms with Gasteiger partial charge in [0.1, 0.15) is 5.75 Å². The maximum atomic E-state index is 13.4. The van der Waals surface area contributed by atoms with E-state index in [2.05, 4.69) is 72.8 Å². The quantitative estimate of drug-likeness (QED) is 0.331. The summed E-state index contributed by atoms with van der Waals surface area (Å²) in [5, 5.41) is 0. The monoisotopic (exact) mass is 448 g/mol. The van der Waals surface area contributed by atoms with Crippen molar-refractivity contribution in [1.29, 1.82) is 0 Å². The number of hydrogen-bond donors (Lipinski definition) is 0. The third kappa shape index (κ3) is 3.07. The molecular formula is C31H28O3. The minimum atomic E-state index is -0.670. The molecule has 0 saturated heterocycles. The van der Waals surface area contributed by atoms with Crippen molar-refractivity contribution in [3.05, 3.63) is 138 Å². The first-order chi connectivity index (χ1) is 16.7. The zero-order chi connectivity index (χ0) is 23.6. The molecule has 2 atom stereocenters. The van der Waals surface area contributed by atoms with Crippen LogP contribution in [0.3, 0.4) is 0 Å². The van der Waals surface area contributed by atoms with Gasteiger partial charge in [0, 0.05) is 10.8 Å². The van der Waals surface area contributed by atoms with Crippen LogP contribution in [0.15, 0.2) is 115 Å². The fourth-order valence-corrected chi connectivity index (χ4v) is 6.11. The molecule has 3 nitrogen and oxygen atoms in total. The van der Waals surface area contributed by atoms with Crippen LogP contribution in [0.25, 0.3) is 0 Å². The number of hydrogen-bond acceptors (Lipinski definition) is 3. The fourth-order valence-electron chi connectivity index (χ4n) is 6.11. The molecule has 0 amide bonds. The summed E-state index contributed by atoms with van der Waals surface area (Å²) in [6.45, 7) is 0. The zero-order valence-electron chi connectivity index (χ0n) is 19.5. The predicted octanol–water partition coefficient (Wildman–Crippen LogP) is 6.16. The first-order valence-corrected chi connectivity index (χ1v) is 11.6. The molecule has 1 unspecified atom stereocenters. The Labute approximate surface area is 201 Å². The lowest BCUT2D eigenvalue weighted by molar-refractivity contribution is -0.156. The Morgan fingerprint density at radius 1 is 0.647 bits per heavy atom. The molecule has 0 bridgehead atoms. The van der Waals surface area contributed by atoms with Crippen LogP contribution in [0.4, 0.5) is 0 Å². The lowest BCUT2D eigenvalue weighted by atomic mass is 9.36. The molecule has 3 heteroatoms. The van der Waals surface area contributed by atoms with E-state index >= 15 is 0 Å². The summed E-state index contributed by atoms with van der Waals surface area (Å²) < 4.78 is 10.9. The molecule has 0 heterocycles. The third-order valence-corrected chi connectivity index (χ3v) is 7.50. The highest BCUT2D eigenvalue weighted by Crippen LogP contribution is 2.68. The number of esters is 1. The number of carbonyl (C=O) groups excluding carboxylic acids is 1. The Kier molecular flexibility index (Phi) is 5.70. The summed E-state index contributed by atoms with van der Waals surface area (Å²) in [6, 6.07) is 39.7. The first-order valence-electron chi connectivity index (χ1n) is 11.6. The number of benzene rings is 4. The van der Waals surface area contributed by atoms with Crippen molar-refractivity contribution < 1.29 is 14.3 Å². The van der Waals surface area contributed by atoms with Crippen molar-refractivity contribution in [2.24, 2.45) is 5.92 Å². The van der Waals surface area contributed by atoms with E-state index in [1.54, 1.807) is 7.11 Å². The number of carbonyl (C=O) groups is 1. The topological polar surface area (TPSA) is 35.5 Å². The van der Waals surface area contributed by atoms with Gasteiger partial charge in [0.15, 0.2) is 0 Å². The summed E-state index contributed by atoms with van der Waals surface area (Å²) in [5.74, 6) is 0.238. The second-order valence-corrected chi connectivity index (χ2v) is 8.82. The van der Waals surface area contributed by atoms with Crippen LogP contribution < -0.4 is 4.74 Å². The number of methoxy groups -OCH3 is 2. The van der Waals surface area contributed by atoms with Crippen LogP contribution in [0.1, 0.15) is 28.7 Å². The molecule has 0 aromatic heterocycles. The highest BCUT2D eigenvalue weighted by molar-refractivity contribution is 5.82. The van der Waals surface area contributed by atoms with Gasteiger partial charge in [-0.1, -0.05) is 103 Å². The van der Waals surface area contributed by atoms with Crippen LogP contribution >= 0.6 is 0 Å². The van der Waals surface area contributed by atoms with E-state index in [9.17, 15) is 4.79 Å². The van der Waals surface area contributed by atoms with E-state index in [0.717, 1.165) is 16.9 Å². The predicted molar refractivity (Wildman–Crippen MR) is 134 cm³/mol. The largest absolute Gasteiger partial charge is 0.497 e. The van der Waals surface area contributed by atoms with Gasteiger partial charge in [-0.15, -0.1) is 0 Å². The lowest BCUT2D eigenvalue weighted by Gasteiger charge is -2.64. The van der Waals surface area contributed by atoms with E-state index in [1.807, 2.05) is 42.5 Å². The van der Waals surface area contributed by atoms with Crippen molar-refractivity contribution in [1.82, 2.24) is 0 Å². The average Bonchev–Trinajstić information content (AvgIpc) is 2.91. The van der Waals surface area contributed by atoms with Crippen molar-refractivity contribution in [3.8, 4) is 5.75 Å². The normalized spacial score (nSPS) is 20.7. The van der Waals surface area contributed by atoms with Crippen LogP contribution in [0, 0.1) is 5.92 Å². The molecule has 4 aromatic rings. The van der Waals surface area contributed by atoms with Crippen LogP contribution in [-0.4, -0.2) is 20.2 Å². The summed E-state index contributed by atoms with van der Waals surface area (Å²) in [5.41, 5.74) is 3.38. The smallest absolute Gasteiger partial charge is 0.310 e. The van der Waals surface area contributed by atoms with Gasteiger partial charge in [-0.25, -0.2) is 0 Å². The molecule has 0 aliphatic heterocycles. The van der Waals surface area contributed by atoms with Gasteiger partial charge >= 0.3 is 5.97 Å². The molecular weight excluding hydrogens is 420 g/mol. The molecule has 1 aliphatic carbocycles. The molecule has 1 fully saturated rings. The highest BCUT2D eigenvalue weighted by Gasteiger charge is 2.70. The van der Waals surface area contributed by atoms with Crippen molar-refractivity contribution in [2.75, 3.05) is 14.2 Å². The Hall–Kier alpha value is -3.85. The second-order valence-electron chi connectivity index (χ2n) is 8.82. The third-order valence-electron chi connectivity index (χ3n) is 7.50. The number of rotatable bonds is 6. The maximum absolute atomic E-state index is 13.4. The van der Waals surface area contributed by atoms with E-state index in [0.29, 0.717) is 6.42 Å². The summed E-state index contributed by atoms with van der Waals surface area (Å²) >= 11 is 0. The molecule has 0 spiro atoms. The Bertz CT molecular complexity index is 1210. The van der Waals surface area contributed by atoms with Crippen molar-refractivity contribution in [2.45, 2.75) is 17.3 Å². The second kappa shape index (κ2) is 8.83. The summed E-state index contributed by atoms with van der Waals surface area (Å²) in [4.78, 5) is 13.4. The Balaban J connectivity index is 1.91. The van der Waals surface area contributed by atoms with Gasteiger partial charge in [-0.05, 0) is 40.8 Å². The van der Waals surface area contributed by atoms with E-state index < -0.39 is 10.8 Å². The number of ether oxygens (including phenoxy) is 2. The lowest BCUT2D eigenvalue weighted by Crippen LogP contribution is -2.67. The van der Waals surface area contributed by atoms with Gasteiger partial charge in [-0.2, -0.15) is 0 Å². The van der Waals surface area contributed by atoms with Gasteiger partial charge in [0.05, 0.1) is 20.1 Å². The first kappa shape index (κ1) is 22.0. The maximum Gasteiger partial charge on any atom is 0.310 e. The van der Waals surface area contributed by atoms with Gasteiger partial charge in [-0.3, -0.25) is 4.79 Å². The summed E-state index contributed by atoms with van der Waals surface area (Å²) in [6.07, 6.45) is 0.647. The van der Waals surface area contributed by atoms with Crippen LogP contribution in [0.2, 0.25) is 0 Å². The van der Waals surface area contributed by atoms with Crippen LogP contribution in [0.5, 0.6) is 5.75 Å². The van der Waals surface area contributed by atoms with Gasteiger partial charge in [0.25, 0.3) is 0 Å². The van der Waals surface area contributed by atoms with Crippen LogP contribution in [-0.2, 0) is 20.4 Å². The van der Waals surface area contributed by atoms with Gasteiger partial charge in [0.2, 0.25) is 0 Å². The van der Waals surface area contributed by atoms with E-state index in [1.165, 1.54) is 18.2 Å². The van der Waals surface area contributed by atoms with E-state index in [-0.39, 0.29) is 11.9 Å². The molecule has 170 valence electrons. The standard InChI is InChI=1S/C31H28O3/c1-33-27-20-18-26(19-21-27)31(25-16-10-5-11-17-25)28(29(32)34-2)22-30(31,23-12-6-3-7-13-23)24-14-8-4-9-15-24/h3-21,28H,22H2,1-2H3/t28?,31-/m1/s1. The highest BCUT2D eigenvalue weighted by atomic mass is 16.5. The van der Waals surface area contributed by atoms with Crippen molar-refractivity contribution >= 4 is 5.97 Å². The average molecular weight is 449 g/mol.